The van der Waals surface area contributed by atoms with Crippen LogP contribution in [0.25, 0.3) is 0 Å². The Morgan fingerprint density at radius 3 is 2.68 bits per heavy atom. The quantitative estimate of drug-likeness (QED) is 0.798. The van der Waals surface area contributed by atoms with Crippen LogP contribution in [0.4, 0.5) is 0 Å². The summed E-state index contributed by atoms with van der Waals surface area (Å²) in [6.07, 6.45) is 6.63. The van der Waals surface area contributed by atoms with E-state index in [1.54, 1.807) is 7.11 Å². The van der Waals surface area contributed by atoms with Crippen LogP contribution in [0.15, 0.2) is 36.7 Å². The second-order valence-corrected chi connectivity index (χ2v) is 8.14. The lowest BCUT2D eigenvalue weighted by Crippen LogP contribution is -2.49. The molecule has 1 aromatic carbocycles. The molecule has 6 heteroatoms. The second kappa shape index (κ2) is 7.87. The van der Waals surface area contributed by atoms with Gasteiger partial charge in [-0.25, -0.2) is 9.97 Å². The minimum absolute atomic E-state index is 0.227. The maximum atomic E-state index is 13.4. The standard InChI is InChI=1S/C22H28N4O2/c1-17-5-3-6-18(11-17)15-26-9-4-7-22(20(26)27)8-10-25(16-22)14-19-12-23-21(28-2)24-13-19/h3,5-6,11-13H,4,7-10,14-16H2,1-2H3. The summed E-state index contributed by atoms with van der Waals surface area (Å²) >= 11 is 0. The number of nitrogens with zero attached hydrogens (tertiary/aromatic N) is 4. The van der Waals surface area contributed by atoms with Crippen LogP contribution in [-0.4, -0.2) is 52.4 Å². The first kappa shape index (κ1) is 18.9. The highest BCUT2D eigenvalue weighted by molar-refractivity contribution is 5.84. The Morgan fingerprint density at radius 1 is 1.11 bits per heavy atom. The van der Waals surface area contributed by atoms with Gasteiger partial charge in [-0.15, -0.1) is 0 Å². The first-order valence-electron chi connectivity index (χ1n) is 10.0. The summed E-state index contributed by atoms with van der Waals surface area (Å²) in [7, 11) is 1.57. The van der Waals surface area contributed by atoms with Gasteiger partial charge in [-0.05, 0) is 38.3 Å². The topological polar surface area (TPSA) is 58.6 Å². The minimum atomic E-state index is -0.227. The molecule has 0 bridgehead atoms. The molecule has 6 nitrogen and oxygen atoms in total. The Hall–Kier alpha value is -2.47. The van der Waals surface area contributed by atoms with E-state index in [1.807, 2.05) is 12.4 Å². The van der Waals surface area contributed by atoms with Crippen molar-refractivity contribution < 1.29 is 9.53 Å². The van der Waals surface area contributed by atoms with Crippen LogP contribution in [0, 0.1) is 12.3 Å². The van der Waals surface area contributed by atoms with Crippen molar-refractivity contribution >= 4 is 5.91 Å². The maximum absolute atomic E-state index is 13.4. The summed E-state index contributed by atoms with van der Waals surface area (Å²) < 4.78 is 5.03. The first-order valence-corrected chi connectivity index (χ1v) is 10.0. The largest absolute Gasteiger partial charge is 0.467 e. The summed E-state index contributed by atoms with van der Waals surface area (Å²) in [5, 5.41) is 0. The van der Waals surface area contributed by atoms with Gasteiger partial charge in [-0.1, -0.05) is 29.8 Å². The SMILES string of the molecule is COc1ncc(CN2CCC3(CCCN(Cc4cccc(C)c4)C3=O)C2)cn1. The van der Waals surface area contributed by atoms with Crippen molar-refractivity contribution in [1.29, 1.82) is 0 Å². The van der Waals surface area contributed by atoms with Crippen molar-refractivity contribution in [3.63, 3.8) is 0 Å². The monoisotopic (exact) mass is 380 g/mol. The van der Waals surface area contributed by atoms with Crippen LogP contribution in [-0.2, 0) is 17.9 Å². The number of carbonyl (C=O) groups excluding carboxylic acids is 1. The third-order valence-electron chi connectivity index (χ3n) is 5.98. The highest BCUT2D eigenvalue weighted by atomic mass is 16.5. The number of rotatable bonds is 5. The average molecular weight is 380 g/mol. The molecule has 3 heterocycles. The van der Waals surface area contributed by atoms with Crippen molar-refractivity contribution in [2.45, 2.75) is 39.3 Å². The van der Waals surface area contributed by atoms with Gasteiger partial charge in [0.05, 0.1) is 12.5 Å². The molecular weight excluding hydrogens is 352 g/mol. The van der Waals surface area contributed by atoms with E-state index in [2.05, 4.69) is 51.0 Å². The number of likely N-dealkylation sites (tertiary alicyclic amines) is 2. The van der Waals surface area contributed by atoms with Crippen LogP contribution >= 0.6 is 0 Å². The third kappa shape index (κ3) is 3.87. The lowest BCUT2D eigenvalue weighted by molar-refractivity contribution is -0.146. The zero-order valence-electron chi connectivity index (χ0n) is 16.7. The molecule has 0 saturated carbocycles. The Bertz CT molecular complexity index is 839. The normalized spacial score (nSPS) is 22.8. The number of benzene rings is 1. The molecule has 1 amide bonds. The molecule has 1 spiro atoms. The molecule has 28 heavy (non-hydrogen) atoms. The number of ether oxygens (including phenoxy) is 1. The van der Waals surface area contributed by atoms with E-state index in [-0.39, 0.29) is 5.41 Å². The molecule has 148 valence electrons. The summed E-state index contributed by atoms with van der Waals surface area (Å²) in [5.41, 5.74) is 3.29. The highest BCUT2D eigenvalue weighted by Gasteiger charge is 2.48. The fraction of sp³-hybridized carbons (Fsp3) is 0.500. The van der Waals surface area contributed by atoms with Gasteiger partial charge in [0.2, 0.25) is 5.91 Å². The van der Waals surface area contributed by atoms with E-state index < -0.39 is 0 Å². The predicted octanol–water partition coefficient (Wildman–Crippen LogP) is 2.81. The van der Waals surface area contributed by atoms with Crippen molar-refractivity contribution in [3.05, 3.63) is 53.3 Å². The summed E-state index contributed by atoms with van der Waals surface area (Å²) in [6.45, 7) is 6.21. The molecule has 0 radical (unpaired) electrons. The maximum Gasteiger partial charge on any atom is 0.316 e. The first-order chi connectivity index (χ1) is 13.6. The Balaban J connectivity index is 1.41. The van der Waals surface area contributed by atoms with E-state index >= 15 is 0 Å². The van der Waals surface area contributed by atoms with Crippen LogP contribution in [0.1, 0.15) is 36.0 Å². The molecule has 2 fully saturated rings. The van der Waals surface area contributed by atoms with Gasteiger partial charge in [-0.2, -0.15) is 0 Å². The fourth-order valence-corrected chi connectivity index (χ4v) is 4.59. The Morgan fingerprint density at radius 2 is 1.93 bits per heavy atom. The van der Waals surface area contributed by atoms with Crippen LogP contribution in [0.2, 0.25) is 0 Å². The molecule has 2 aromatic rings. The molecule has 1 unspecified atom stereocenters. The minimum Gasteiger partial charge on any atom is -0.467 e. The Labute approximate surface area is 166 Å². The molecule has 2 saturated heterocycles. The molecule has 2 aliphatic rings. The molecular formula is C22H28N4O2. The summed E-state index contributed by atoms with van der Waals surface area (Å²) in [6, 6.07) is 8.85. The molecule has 1 atom stereocenters. The molecule has 0 N–H and O–H groups in total. The number of aromatic nitrogens is 2. The van der Waals surface area contributed by atoms with Crippen molar-refractivity contribution in [3.8, 4) is 6.01 Å². The van der Waals surface area contributed by atoms with E-state index in [1.165, 1.54) is 11.1 Å². The number of aryl methyl sites for hydroxylation is 1. The number of piperidine rings is 1. The molecule has 1 aromatic heterocycles. The molecule has 2 aliphatic heterocycles. The lowest BCUT2D eigenvalue weighted by Gasteiger charge is -2.39. The number of carbonyl (C=O) groups is 1. The van der Waals surface area contributed by atoms with E-state index in [9.17, 15) is 4.79 Å². The third-order valence-corrected chi connectivity index (χ3v) is 5.98. The summed E-state index contributed by atoms with van der Waals surface area (Å²) in [4.78, 5) is 26.2. The number of hydrogen-bond donors (Lipinski definition) is 0. The smallest absolute Gasteiger partial charge is 0.316 e. The predicted molar refractivity (Wildman–Crippen MR) is 107 cm³/mol. The van der Waals surface area contributed by atoms with Crippen LogP contribution < -0.4 is 4.74 Å². The molecule has 0 aliphatic carbocycles. The van der Waals surface area contributed by atoms with Gasteiger partial charge in [-0.3, -0.25) is 9.69 Å². The summed E-state index contributed by atoms with van der Waals surface area (Å²) in [5.74, 6) is 0.328. The fourth-order valence-electron chi connectivity index (χ4n) is 4.59. The van der Waals surface area contributed by atoms with Crippen LogP contribution in [0.3, 0.4) is 0 Å². The zero-order valence-corrected chi connectivity index (χ0v) is 16.7. The van der Waals surface area contributed by atoms with E-state index in [0.717, 1.165) is 51.0 Å². The van der Waals surface area contributed by atoms with Gasteiger partial charge in [0.25, 0.3) is 0 Å². The van der Waals surface area contributed by atoms with Gasteiger partial charge in [0.15, 0.2) is 0 Å². The Kier molecular flexibility index (Phi) is 5.31. The van der Waals surface area contributed by atoms with Gasteiger partial charge in [0.1, 0.15) is 0 Å². The van der Waals surface area contributed by atoms with Crippen LogP contribution in [0.5, 0.6) is 6.01 Å². The average Bonchev–Trinajstić information content (AvgIpc) is 3.10. The molecule has 4 rings (SSSR count). The second-order valence-electron chi connectivity index (χ2n) is 8.14. The van der Waals surface area contributed by atoms with Gasteiger partial charge >= 0.3 is 6.01 Å². The van der Waals surface area contributed by atoms with E-state index in [4.69, 9.17) is 4.74 Å². The lowest BCUT2D eigenvalue weighted by atomic mass is 9.78. The van der Waals surface area contributed by atoms with Crippen molar-refractivity contribution in [1.82, 2.24) is 19.8 Å². The number of amides is 1. The number of methoxy groups -OCH3 is 1. The number of hydrogen-bond acceptors (Lipinski definition) is 5. The zero-order chi connectivity index (χ0) is 19.6. The van der Waals surface area contributed by atoms with Crippen molar-refractivity contribution in [2.24, 2.45) is 5.41 Å². The highest BCUT2D eigenvalue weighted by Crippen LogP contribution is 2.40. The van der Waals surface area contributed by atoms with Crippen molar-refractivity contribution in [2.75, 3.05) is 26.7 Å². The van der Waals surface area contributed by atoms with Gasteiger partial charge < -0.3 is 9.64 Å². The van der Waals surface area contributed by atoms with E-state index in [0.29, 0.717) is 18.5 Å². The van der Waals surface area contributed by atoms with Gasteiger partial charge in [0, 0.05) is 44.1 Å².